The van der Waals surface area contributed by atoms with Gasteiger partial charge >= 0.3 is 0 Å². The van der Waals surface area contributed by atoms with Crippen LogP contribution in [0, 0.1) is 0 Å². The smallest absolute Gasteiger partial charge is 0.268 e. The van der Waals surface area contributed by atoms with Gasteiger partial charge in [0.15, 0.2) is 11.5 Å². The normalized spacial score (nSPS) is 14.4. The molecule has 0 saturated carbocycles. The highest BCUT2D eigenvalue weighted by Gasteiger charge is 2.25. The Morgan fingerprint density at radius 3 is 2.35 bits per heavy atom. The summed E-state index contributed by atoms with van der Waals surface area (Å²) in [6, 6.07) is 11.0. The molecule has 8 heteroatoms. The standard InChI is InChI=1S/C18H18N2O6/c1-10(21)16(18(23)20-24)19-17(22)12-4-2-11(3-5-12)13-6-7-14-15(8-13)26-9-25-14/h2-8,10,16,21,24H,9H2,1H3,(H,19,22)(H,20,23). The summed E-state index contributed by atoms with van der Waals surface area (Å²) in [5.74, 6) is -0.0859. The average Bonchev–Trinajstić information content (AvgIpc) is 3.13. The second kappa shape index (κ2) is 7.42. The van der Waals surface area contributed by atoms with E-state index in [0.717, 1.165) is 11.1 Å². The molecule has 136 valence electrons. The van der Waals surface area contributed by atoms with Gasteiger partial charge in [0.05, 0.1) is 6.10 Å². The second-order valence-electron chi connectivity index (χ2n) is 5.81. The molecule has 2 aromatic carbocycles. The van der Waals surface area contributed by atoms with Crippen LogP contribution in [0.1, 0.15) is 17.3 Å². The summed E-state index contributed by atoms with van der Waals surface area (Å²) < 4.78 is 10.6. The molecule has 2 amide bonds. The minimum atomic E-state index is -1.26. The number of hydrogen-bond acceptors (Lipinski definition) is 6. The van der Waals surface area contributed by atoms with Crippen LogP contribution in [0.15, 0.2) is 42.5 Å². The summed E-state index contributed by atoms with van der Waals surface area (Å²) in [6.07, 6.45) is -1.17. The number of ether oxygens (including phenoxy) is 2. The summed E-state index contributed by atoms with van der Waals surface area (Å²) in [7, 11) is 0. The molecule has 0 radical (unpaired) electrons. The van der Waals surface area contributed by atoms with Crippen LogP contribution >= 0.6 is 0 Å². The molecule has 1 aliphatic rings. The van der Waals surface area contributed by atoms with Gasteiger partial charge in [0, 0.05) is 5.56 Å². The molecule has 3 rings (SSSR count). The van der Waals surface area contributed by atoms with E-state index in [1.54, 1.807) is 24.3 Å². The van der Waals surface area contributed by atoms with E-state index < -0.39 is 24.0 Å². The molecule has 2 aromatic rings. The first-order valence-corrected chi connectivity index (χ1v) is 7.92. The average molecular weight is 358 g/mol. The lowest BCUT2D eigenvalue weighted by atomic mass is 10.0. The van der Waals surface area contributed by atoms with Crippen molar-refractivity contribution < 1.29 is 29.4 Å². The summed E-state index contributed by atoms with van der Waals surface area (Å²) in [4.78, 5) is 23.8. The topological polar surface area (TPSA) is 117 Å². The van der Waals surface area contributed by atoms with Crippen LogP contribution in [0.2, 0.25) is 0 Å². The molecule has 1 heterocycles. The lowest BCUT2D eigenvalue weighted by Crippen LogP contribution is -2.51. The fourth-order valence-corrected chi connectivity index (χ4v) is 2.59. The van der Waals surface area contributed by atoms with Gasteiger partial charge in [-0.25, -0.2) is 5.48 Å². The van der Waals surface area contributed by atoms with Crippen LogP contribution in [0.3, 0.4) is 0 Å². The molecule has 4 N–H and O–H groups in total. The Labute approximate surface area is 149 Å². The lowest BCUT2D eigenvalue weighted by molar-refractivity contribution is -0.133. The maximum atomic E-state index is 12.3. The zero-order valence-electron chi connectivity index (χ0n) is 13.9. The number of aliphatic hydroxyl groups is 1. The van der Waals surface area contributed by atoms with Crippen molar-refractivity contribution in [3.8, 4) is 22.6 Å². The van der Waals surface area contributed by atoms with Crippen LogP contribution in [0.5, 0.6) is 11.5 Å². The Bertz CT molecular complexity index is 819. The predicted octanol–water partition coefficient (Wildman–Crippen LogP) is 1.07. The predicted molar refractivity (Wildman–Crippen MR) is 90.9 cm³/mol. The third kappa shape index (κ3) is 3.61. The van der Waals surface area contributed by atoms with Gasteiger partial charge in [0.2, 0.25) is 6.79 Å². The number of carbonyl (C=O) groups is 2. The first-order chi connectivity index (χ1) is 12.5. The van der Waals surface area contributed by atoms with Crippen molar-refractivity contribution in [3.63, 3.8) is 0 Å². The molecule has 26 heavy (non-hydrogen) atoms. The maximum Gasteiger partial charge on any atom is 0.268 e. The quantitative estimate of drug-likeness (QED) is 0.469. The van der Waals surface area contributed by atoms with Crippen molar-refractivity contribution in [1.82, 2.24) is 10.8 Å². The van der Waals surface area contributed by atoms with Crippen LogP contribution in [-0.4, -0.2) is 41.1 Å². The van der Waals surface area contributed by atoms with Gasteiger partial charge in [-0.1, -0.05) is 18.2 Å². The van der Waals surface area contributed by atoms with E-state index >= 15 is 0 Å². The van der Waals surface area contributed by atoms with Gasteiger partial charge in [-0.2, -0.15) is 0 Å². The fraction of sp³-hybridized carbons (Fsp3) is 0.222. The Kier molecular flexibility index (Phi) is 5.06. The summed E-state index contributed by atoms with van der Waals surface area (Å²) in [6.45, 7) is 1.53. The van der Waals surface area contributed by atoms with E-state index in [2.05, 4.69) is 5.32 Å². The molecule has 0 fully saturated rings. The minimum absolute atomic E-state index is 0.198. The fourth-order valence-electron chi connectivity index (χ4n) is 2.59. The van der Waals surface area contributed by atoms with Gasteiger partial charge in [-0.15, -0.1) is 0 Å². The van der Waals surface area contributed by atoms with Crippen molar-refractivity contribution in [1.29, 1.82) is 0 Å². The van der Waals surface area contributed by atoms with E-state index in [1.807, 2.05) is 18.2 Å². The van der Waals surface area contributed by atoms with Crippen molar-refractivity contribution in [2.24, 2.45) is 0 Å². The van der Waals surface area contributed by atoms with Crippen LogP contribution < -0.4 is 20.3 Å². The third-order valence-corrected chi connectivity index (χ3v) is 4.01. The largest absolute Gasteiger partial charge is 0.454 e. The maximum absolute atomic E-state index is 12.3. The van der Waals surface area contributed by atoms with Crippen LogP contribution in [0.25, 0.3) is 11.1 Å². The molecular formula is C18H18N2O6. The van der Waals surface area contributed by atoms with Crippen molar-refractivity contribution in [3.05, 3.63) is 48.0 Å². The van der Waals surface area contributed by atoms with Crippen molar-refractivity contribution >= 4 is 11.8 Å². The first-order valence-electron chi connectivity index (χ1n) is 7.92. The SMILES string of the molecule is CC(O)C(NC(=O)c1ccc(-c2ccc3c(c2)OCO3)cc1)C(=O)NO. The van der Waals surface area contributed by atoms with E-state index in [4.69, 9.17) is 14.7 Å². The number of nitrogens with one attached hydrogen (secondary N) is 2. The monoisotopic (exact) mass is 358 g/mol. The van der Waals surface area contributed by atoms with Crippen molar-refractivity contribution in [2.75, 3.05) is 6.79 Å². The van der Waals surface area contributed by atoms with Gasteiger partial charge in [0.1, 0.15) is 6.04 Å². The Morgan fingerprint density at radius 2 is 1.69 bits per heavy atom. The number of hydrogen-bond donors (Lipinski definition) is 4. The molecule has 8 nitrogen and oxygen atoms in total. The number of amides is 2. The first kappa shape index (κ1) is 17.7. The number of fused-ring (bicyclic) bond motifs is 1. The van der Waals surface area contributed by atoms with Gasteiger partial charge in [-0.05, 0) is 42.3 Å². The van der Waals surface area contributed by atoms with Crippen molar-refractivity contribution in [2.45, 2.75) is 19.1 Å². The number of aliphatic hydroxyl groups excluding tert-OH is 1. The van der Waals surface area contributed by atoms with Gasteiger partial charge in [0.25, 0.3) is 11.8 Å². The molecule has 2 unspecified atom stereocenters. The number of benzene rings is 2. The van der Waals surface area contributed by atoms with Gasteiger partial charge in [-0.3, -0.25) is 14.8 Å². The van der Waals surface area contributed by atoms with Gasteiger partial charge < -0.3 is 19.9 Å². The number of carbonyl (C=O) groups excluding carboxylic acids is 2. The zero-order valence-corrected chi connectivity index (χ0v) is 13.9. The summed E-state index contributed by atoms with van der Waals surface area (Å²) in [5, 5.41) is 20.6. The highest BCUT2D eigenvalue weighted by atomic mass is 16.7. The molecule has 0 aromatic heterocycles. The lowest BCUT2D eigenvalue weighted by Gasteiger charge is -2.19. The van der Waals surface area contributed by atoms with Crippen LogP contribution in [0.4, 0.5) is 0 Å². The summed E-state index contributed by atoms with van der Waals surface area (Å²) in [5.41, 5.74) is 3.51. The number of rotatable bonds is 5. The Morgan fingerprint density at radius 1 is 1.04 bits per heavy atom. The zero-order chi connectivity index (χ0) is 18.7. The molecule has 0 spiro atoms. The van der Waals surface area contributed by atoms with Crippen LogP contribution in [-0.2, 0) is 4.79 Å². The Hall–Kier alpha value is -3.10. The highest BCUT2D eigenvalue weighted by Crippen LogP contribution is 2.35. The third-order valence-electron chi connectivity index (χ3n) is 4.01. The number of hydroxylamine groups is 1. The summed E-state index contributed by atoms with van der Waals surface area (Å²) >= 11 is 0. The molecule has 0 saturated heterocycles. The van der Waals surface area contributed by atoms with E-state index in [-0.39, 0.29) is 6.79 Å². The van der Waals surface area contributed by atoms with E-state index in [9.17, 15) is 14.7 Å². The molecule has 1 aliphatic heterocycles. The molecular weight excluding hydrogens is 340 g/mol. The molecule has 0 bridgehead atoms. The molecule has 0 aliphatic carbocycles. The highest BCUT2D eigenvalue weighted by molar-refractivity contribution is 5.98. The molecule has 2 atom stereocenters. The minimum Gasteiger partial charge on any atom is -0.454 e. The van der Waals surface area contributed by atoms with E-state index in [0.29, 0.717) is 17.1 Å². The second-order valence-corrected chi connectivity index (χ2v) is 5.81. The van der Waals surface area contributed by atoms with E-state index in [1.165, 1.54) is 12.4 Å². The Balaban J connectivity index is 1.74.